The van der Waals surface area contributed by atoms with Gasteiger partial charge in [0.1, 0.15) is 5.75 Å². The third-order valence-electron chi connectivity index (χ3n) is 3.21. The predicted molar refractivity (Wildman–Crippen MR) is 85.7 cm³/mol. The standard InChI is InChI=1S/C17H22N2O2/c1-3-11-18-12-14-7-10-16(19-17(14)20)13-5-8-15(9-6-13)21-4-2/h5-10,18H,3-4,11-12H2,1-2H3,(H,19,20). The predicted octanol–water partition coefficient (Wildman–Crippen LogP) is 2.94. The summed E-state index contributed by atoms with van der Waals surface area (Å²) < 4.78 is 5.41. The quantitative estimate of drug-likeness (QED) is 0.769. The Morgan fingerprint density at radius 3 is 2.48 bits per heavy atom. The van der Waals surface area contributed by atoms with E-state index >= 15 is 0 Å². The molecule has 0 saturated heterocycles. The van der Waals surface area contributed by atoms with E-state index in [1.54, 1.807) is 0 Å². The van der Waals surface area contributed by atoms with Crippen molar-refractivity contribution in [3.8, 4) is 17.0 Å². The van der Waals surface area contributed by atoms with Crippen LogP contribution >= 0.6 is 0 Å². The van der Waals surface area contributed by atoms with Crippen LogP contribution in [0, 0.1) is 0 Å². The summed E-state index contributed by atoms with van der Waals surface area (Å²) in [5.41, 5.74) is 2.52. The fourth-order valence-corrected chi connectivity index (χ4v) is 2.11. The van der Waals surface area contributed by atoms with Gasteiger partial charge in [0.15, 0.2) is 0 Å². The van der Waals surface area contributed by atoms with Gasteiger partial charge in [-0.15, -0.1) is 0 Å². The molecule has 0 atom stereocenters. The number of aromatic nitrogens is 1. The highest BCUT2D eigenvalue weighted by atomic mass is 16.5. The van der Waals surface area contributed by atoms with E-state index < -0.39 is 0 Å². The molecule has 1 aromatic heterocycles. The van der Waals surface area contributed by atoms with Crippen LogP contribution in [0.2, 0.25) is 0 Å². The number of rotatable bonds is 7. The molecule has 2 aromatic rings. The van der Waals surface area contributed by atoms with Crippen molar-refractivity contribution in [2.45, 2.75) is 26.8 Å². The molecule has 0 spiro atoms. The summed E-state index contributed by atoms with van der Waals surface area (Å²) in [5.74, 6) is 0.837. The van der Waals surface area contributed by atoms with Gasteiger partial charge in [-0.2, -0.15) is 0 Å². The lowest BCUT2D eigenvalue weighted by Crippen LogP contribution is -2.21. The lowest BCUT2D eigenvalue weighted by Gasteiger charge is -2.07. The maximum Gasteiger partial charge on any atom is 0.252 e. The zero-order chi connectivity index (χ0) is 15.1. The summed E-state index contributed by atoms with van der Waals surface area (Å²) in [5, 5.41) is 3.24. The molecule has 4 nitrogen and oxygen atoms in total. The number of pyridine rings is 1. The summed E-state index contributed by atoms with van der Waals surface area (Å²) in [6, 6.07) is 11.5. The average molecular weight is 286 g/mol. The van der Waals surface area contributed by atoms with Crippen molar-refractivity contribution < 1.29 is 4.74 Å². The molecule has 0 amide bonds. The molecule has 0 unspecified atom stereocenters. The summed E-state index contributed by atoms with van der Waals surface area (Å²) >= 11 is 0. The van der Waals surface area contributed by atoms with Gasteiger partial charge in [0.25, 0.3) is 5.56 Å². The van der Waals surface area contributed by atoms with Crippen LogP contribution in [0.25, 0.3) is 11.3 Å². The number of H-pyrrole nitrogens is 1. The summed E-state index contributed by atoms with van der Waals surface area (Å²) in [6.45, 7) is 6.23. The molecule has 0 saturated carbocycles. The normalized spacial score (nSPS) is 10.6. The van der Waals surface area contributed by atoms with Gasteiger partial charge in [-0.1, -0.05) is 13.0 Å². The Balaban J connectivity index is 2.13. The van der Waals surface area contributed by atoms with Gasteiger partial charge in [0.2, 0.25) is 0 Å². The fraction of sp³-hybridized carbons (Fsp3) is 0.353. The molecular weight excluding hydrogens is 264 g/mol. The number of nitrogens with one attached hydrogen (secondary N) is 2. The molecule has 2 N–H and O–H groups in total. The minimum atomic E-state index is -0.0370. The van der Waals surface area contributed by atoms with Crippen LogP contribution in [0.3, 0.4) is 0 Å². The minimum Gasteiger partial charge on any atom is -0.494 e. The average Bonchev–Trinajstić information content (AvgIpc) is 2.50. The fourth-order valence-electron chi connectivity index (χ4n) is 2.11. The zero-order valence-corrected chi connectivity index (χ0v) is 12.6. The first-order valence-corrected chi connectivity index (χ1v) is 7.40. The van der Waals surface area contributed by atoms with Gasteiger partial charge >= 0.3 is 0 Å². The molecule has 1 aromatic carbocycles. The van der Waals surface area contributed by atoms with Crippen LogP contribution in [0.15, 0.2) is 41.2 Å². The van der Waals surface area contributed by atoms with Crippen LogP contribution in [0.1, 0.15) is 25.8 Å². The number of ether oxygens (including phenoxy) is 1. The molecule has 1 heterocycles. The van der Waals surface area contributed by atoms with E-state index in [0.717, 1.165) is 35.5 Å². The number of hydrogen-bond donors (Lipinski definition) is 2. The second-order valence-electron chi connectivity index (χ2n) is 4.86. The van der Waals surface area contributed by atoms with Gasteiger partial charge in [0.05, 0.1) is 6.61 Å². The number of benzene rings is 1. The van der Waals surface area contributed by atoms with Gasteiger partial charge in [-0.05, 0) is 55.8 Å². The summed E-state index contributed by atoms with van der Waals surface area (Å²) in [4.78, 5) is 15.0. The van der Waals surface area contributed by atoms with E-state index in [4.69, 9.17) is 4.74 Å². The summed E-state index contributed by atoms with van der Waals surface area (Å²) in [6.07, 6.45) is 1.06. The van der Waals surface area contributed by atoms with E-state index in [1.165, 1.54) is 0 Å². The van der Waals surface area contributed by atoms with Crippen molar-refractivity contribution in [1.29, 1.82) is 0 Å². The van der Waals surface area contributed by atoms with Crippen LogP contribution in [0.4, 0.5) is 0 Å². The molecule has 4 heteroatoms. The molecule has 112 valence electrons. The maximum absolute atomic E-state index is 12.1. The minimum absolute atomic E-state index is 0.0370. The first-order valence-electron chi connectivity index (χ1n) is 7.40. The Morgan fingerprint density at radius 2 is 1.86 bits per heavy atom. The molecule has 0 fully saturated rings. The molecule has 2 rings (SSSR count). The van der Waals surface area contributed by atoms with Crippen LogP contribution in [-0.4, -0.2) is 18.1 Å². The van der Waals surface area contributed by atoms with Crippen LogP contribution in [0.5, 0.6) is 5.75 Å². The highest BCUT2D eigenvalue weighted by Gasteiger charge is 2.03. The monoisotopic (exact) mass is 286 g/mol. The van der Waals surface area contributed by atoms with Crippen molar-refractivity contribution in [3.05, 3.63) is 52.3 Å². The highest BCUT2D eigenvalue weighted by molar-refractivity contribution is 5.60. The van der Waals surface area contributed by atoms with Crippen molar-refractivity contribution in [2.75, 3.05) is 13.2 Å². The highest BCUT2D eigenvalue weighted by Crippen LogP contribution is 2.20. The van der Waals surface area contributed by atoms with Crippen molar-refractivity contribution >= 4 is 0 Å². The molecule has 0 aliphatic heterocycles. The van der Waals surface area contributed by atoms with E-state index in [0.29, 0.717) is 13.2 Å². The van der Waals surface area contributed by atoms with Crippen molar-refractivity contribution in [3.63, 3.8) is 0 Å². The maximum atomic E-state index is 12.1. The number of hydrogen-bond acceptors (Lipinski definition) is 3. The van der Waals surface area contributed by atoms with Crippen molar-refractivity contribution in [2.24, 2.45) is 0 Å². The Morgan fingerprint density at radius 1 is 1.10 bits per heavy atom. The molecule has 21 heavy (non-hydrogen) atoms. The lowest BCUT2D eigenvalue weighted by atomic mass is 10.1. The van der Waals surface area contributed by atoms with Crippen LogP contribution < -0.4 is 15.6 Å². The number of aromatic amines is 1. The second kappa shape index (κ2) is 7.64. The largest absolute Gasteiger partial charge is 0.494 e. The smallest absolute Gasteiger partial charge is 0.252 e. The Bertz CT molecular complexity index is 617. The Labute approximate surface area is 125 Å². The van der Waals surface area contributed by atoms with E-state index in [1.807, 2.05) is 43.3 Å². The zero-order valence-electron chi connectivity index (χ0n) is 12.6. The third kappa shape index (κ3) is 4.20. The van der Waals surface area contributed by atoms with E-state index in [-0.39, 0.29) is 5.56 Å². The van der Waals surface area contributed by atoms with Gasteiger partial charge in [-0.25, -0.2) is 0 Å². The van der Waals surface area contributed by atoms with Gasteiger partial charge < -0.3 is 15.0 Å². The van der Waals surface area contributed by atoms with E-state index in [2.05, 4.69) is 17.2 Å². The Kier molecular flexibility index (Phi) is 5.58. The lowest BCUT2D eigenvalue weighted by molar-refractivity contribution is 0.340. The SMILES string of the molecule is CCCNCc1ccc(-c2ccc(OCC)cc2)[nH]c1=O. The molecule has 0 aliphatic carbocycles. The second-order valence-corrected chi connectivity index (χ2v) is 4.86. The van der Waals surface area contributed by atoms with E-state index in [9.17, 15) is 4.79 Å². The van der Waals surface area contributed by atoms with Crippen molar-refractivity contribution in [1.82, 2.24) is 10.3 Å². The topological polar surface area (TPSA) is 54.1 Å². The van der Waals surface area contributed by atoms with Gasteiger partial charge in [-0.3, -0.25) is 4.79 Å². The summed E-state index contributed by atoms with van der Waals surface area (Å²) in [7, 11) is 0. The Hall–Kier alpha value is -2.07. The molecule has 0 bridgehead atoms. The first-order chi connectivity index (χ1) is 10.2. The third-order valence-corrected chi connectivity index (χ3v) is 3.21. The molecular formula is C17H22N2O2. The molecule has 0 aliphatic rings. The van der Waals surface area contributed by atoms with Crippen LogP contribution in [-0.2, 0) is 6.54 Å². The molecule has 0 radical (unpaired) electrons. The first kappa shape index (κ1) is 15.3. The van der Waals surface area contributed by atoms with Gasteiger partial charge in [0, 0.05) is 17.8 Å².